The minimum Gasteiger partial charge on any atom is -0.450 e. The van der Waals surface area contributed by atoms with Crippen molar-refractivity contribution in [3.8, 4) is 0 Å². The van der Waals surface area contributed by atoms with Gasteiger partial charge in [-0.3, -0.25) is 19.3 Å². The number of carbonyl (C=O) groups is 4. The molecule has 0 aliphatic carbocycles. The molecule has 0 bridgehead atoms. The van der Waals surface area contributed by atoms with E-state index in [1.807, 2.05) is 29.2 Å². The van der Waals surface area contributed by atoms with Crippen molar-refractivity contribution < 1.29 is 23.9 Å². The van der Waals surface area contributed by atoms with E-state index in [-0.39, 0.29) is 36.3 Å². The van der Waals surface area contributed by atoms with Gasteiger partial charge in [-0.25, -0.2) is 4.79 Å². The number of nitrogens with zero attached hydrogens (tertiary/aromatic N) is 4. The first-order valence-corrected chi connectivity index (χ1v) is 13.4. The molecule has 2 saturated heterocycles. The molecule has 5 rings (SSSR count). The van der Waals surface area contributed by atoms with Gasteiger partial charge in [0.25, 0.3) is 11.8 Å². The molecule has 0 saturated carbocycles. The highest BCUT2D eigenvalue weighted by Crippen LogP contribution is 2.35. The number of anilines is 1. The van der Waals surface area contributed by atoms with Crippen molar-refractivity contribution in [2.75, 3.05) is 50.8 Å². The number of hydrogen-bond acceptors (Lipinski definition) is 6. The zero-order chi connectivity index (χ0) is 26.8. The molecule has 3 aliphatic rings. The van der Waals surface area contributed by atoms with Gasteiger partial charge in [-0.1, -0.05) is 35.9 Å². The number of ether oxygens (including phenoxy) is 1. The van der Waals surface area contributed by atoms with E-state index in [0.29, 0.717) is 80.4 Å². The van der Waals surface area contributed by atoms with Crippen LogP contribution in [0.4, 0.5) is 10.5 Å². The minimum absolute atomic E-state index is 0.105. The maximum atomic E-state index is 13.4. The van der Waals surface area contributed by atoms with Crippen LogP contribution in [0, 0.1) is 5.92 Å². The zero-order valence-electron chi connectivity index (χ0n) is 21.4. The summed E-state index contributed by atoms with van der Waals surface area (Å²) in [6.45, 7) is 5.40. The third kappa shape index (κ3) is 4.95. The molecule has 0 N–H and O–H groups in total. The molecule has 0 spiro atoms. The molecular formula is C28H31ClN4O5. The van der Waals surface area contributed by atoms with Crippen LogP contribution >= 0.6 is 11.6 Å². The second-order valence-electron chi connectivity index (χ2n) is 9.76. The van der Waals surface area contributed by atoms with Crippen LogP contribution in [0.5, 0.6) is 0 Å². The number of hydrogen-bond donors (Lipinski definition) is 0. The highest BCUT2D eigenvalue weighted by Gasteiger charge is 2.40. The summed E-state index contributed by atoms with van der Waals surface area (Å²) >= 11 is 6.28. The van der Waals surface area contributed by atoms with Crippen LogP contribution in [0.2, 0.25) is 5.02 Å². The lowest BCUT2D eigenvalue weighted by Crippen LogP contribution is -2.53. The summed E-state index contributed by atoms with van der Waals surface area (Å²) in [7, 11) is 0. The first-order chi connectivity index (χ1) is 18.4. The first-order valence-electron chi connectivity index (χ1n) is 13.1. The SMILES string of the molecule is CCOC(=O)N1CCN(C(=O)C2CCN(c3cccc4c3C(=O)N(Cc3ccccc3Cl)C4=O)CC2)CC1. The third-order valence-corrected chi connectivity index (χ3v) is 7.93. The fraction of sp³-hybridized carbons (Fsp3) is 0.429. The summed E-state index contributed by atoms with van der Waals surface area (Å²) in [5, 5.41) is 0.512. The Morgan fingerprint density at radius 1 is 0.895 bits per heavy atom. The van der Waals surface area contributed by atoms with Gasteiger partial charge in [-0.2, -0.15) is 0 Å². The second-order valence-corrected chi connectivity index (χ2v) is 10.2. The van der Waals surface area contributed by atoms with E-state index in [4.69, 9.17) is 16.3 Å². The van der Waals surface area contributed by atoms with Gasteiger partial charge in [0.15, 0.2) is 0 Å². The molecule has 2 aromatic rings. The van der Waals surface area contributed by atoms with Crippen LogP contribution in [-0.4, -0.2) is 84.4 Å². The van der Waals surface area contributed by atoms with E-state index in [2.05, 4.69) is 4.90 Å². The van der Waals surface area contributed by atoms with Gasteiger partial charge in [0, 0.05) is 50.2 Å². The molecule has 3 heterocycles. The minimum atomic E-state index is -0.332. The number of amides is 4. The average molecular weight is 539 g/mol. The van der Waals surface area contributed by atoms with Crippen molar-refractivity contribution >= 4 is 41.1 Å². The number of benzene rings is 2. The molecule has 0 aromatic heterocycles. The summed E-state index contributed by atoms with van der Waals surface area (Å²) in [5.41, 5.74) is 2.27. The Morgan fingerprint density at radius 3 is 2.26 bits per heavy atom. The molecule has 2 aromatic carbocycles. The van der Waals surface area contributed by atoms with Gasteiger partial charge >= 0.3 is 6.09 Å². The molecule has 10 heteroatoms. The van der Waals surface area contributed by atoms with Gasteiger partial charge in [0.1, 0.15) is 0 Å². The van der Waals surface area contributed by atoms with Gasteiger partial charge in [0.2, 0.25) is 5.91 Å². The third-order valence-electron chi connectivity index (χ3n) is 7.57. The average Bonchev–Trinajstić information content (AvgIpc) is 3.19. The predicted octanol–water partition coefficient (Wildman–Crippen LogP) is 3.65. The van der Waals surface area contributed by atoms with Crippen molar-refractivity contribution in [3.05, 3.63) is 64.2 Å². The number of carbonyl (C=O) groups excluding carboxylic acids is 4. The zero-order valence-corrected chi connectivity index (χ0v) is 22.2. The van der Waals surface area contributed by atoms with Crippen LogP contribution in [0.1, 0.15) is 46.0 Å². The molecular weight excluding hydrogens is 508 g/mol. The summed E-state index contributed by atoms with van der Waals surface area (Å²) in [4.78, 5) is 58.5. The van der Waals surface area contributed by atoms with Crippen molar-refractivity contribution in [2.24, 2.45) is 5.92 Å². The number of piperazine rings is 1. The summed E-state index contributed by atoms with van der Waals surface area (Å²) < 4.78 is 5.06. The van der Waals surface area contributed by atoms with E-state index in [1.54, 1.807) is 30.0 Å². The van der Waals surface area contributed by atoms with Crippen LogP contribution < -0.4 is 4.90 Å². The topological polar surface area (TPSA) is 90.5 Å². The number of fused-ring (bicyclic) bond motifs is 1. The second kappa shape index (κ2) is 11.0. The van der Waals surface area contributed by atoms with Gasteiger partial charge in [-0.15, -0.1) is 0 Å². The molecule has 38 heavy (non-hydrogen) atoms. The maximum Gasteiger partial charge on any atom is 0.409 e. The molecule has 0 radical (unpaired) electrons. The Morgan fingerprint density at radius 2 is 1.58 bits per heavy atom. The van der Waals surface area contributed by atoms with Gasteiger partial charge < -0.3 is 19.4 Å². The Balaban J connectivity index is 1.22. The lowest BCUT2D eigenvalue weighted by molar-refractivity contribution is -0.137. The molecule has 0 unspecified atom stereocenters. The Labute approximate surface area is 226 Å². The number of piperidine rings is 1. The molecule has 200 valence electrons. The standard InChI is InChI=1S/C28H31ClN4O5/c1-2-38-28(37)32-16-14-31(15-17-32)25(34)19-10-12-30(13-11-19)23-9-5-7-21-24(23)27(36)33(26(21)35)18-20-6-3-4-8-22(20)29/h3-9,19H,2,10-18H2,1H3. The quantitative estimate of drug-likeness (QED) is 0.540. The van der Waals surface area contributed by atoms with E-state index in [1.165, 1.54) is 4.90 Å². The largest absolute Gasteiger partial charge is 0.450 e. The van der Waals surface area contributed by atoms with Crippen LogP contribution in [-0.2, 0) is 16.1 Å². The lowest BCUT2D eigenvalue weighted by atomic mass is 9.93. The van der Waals surface area contributed by atoms with Gasteiger partial charge in [-0.05, 0) is 43.5 Å². The number of imide groups is 1. The Bertz CT molecular complexity index is 1250. The summed E-state index contributed by atoms with van der Waals surface area (Å²) in [5.74, 6) is -0.633. The van der Waals surface area contributed by atoms with E-state index >= 15 is 0 Å². The van der Waals surface area contributed by atoms with E-state index in [9.17, 15) is 19.2 Å². The Kier molecular flexibility index (Phi) is 7.56. The lowest BCUT2D eigenvalue weighted by Gasteiger charge is -2.39. The normalized spacial score (nSPS) is 18.2. The van der Waals surface area contributed by atoms with Crippen LogP contribution in [0.25, 0.3) is 0 Å². The number of rotatable bonds is 5. The number of halogens is 1. The first kappa shape index (κ1) is 26.0. The predicted molar refractivity (Wildman–Crippen MR) is 142 cm³/mol. The van der Waals surface area contributed by atoms with Gasteiger partial charge in [0.05, 0.1) is 30.0 Å². The van der Waals surface area contributed by atoms with Crippen molar-refractivity contribution in [1.29, 1.82) is 0 Å². The maximum absolute atomic E-state index is 13.4. The monoisotopic (exact) mass is 538 g/mol. The molecule has 4 amide bonds. The van der Waals surface area contributed by atoms with Crippen molar-refractivity contribution in [3.63, 3.8) is 0 Å². The summed E-state index contributed by atoms with van der Waals surface area (Å²) in [6.07, 6.45) is 0.986. The molecule has 9 nitrogen and oxygen atoms in total. The molecule has 3 aliphatic heterocycles. The van der Waals surface area contributed by atoms with E-state index in [0.717, 1.165) is 5.69 Å². The van der Waals surface area contributed by atoms with Crippen LogP contribution in [0.15, 0.2) is 42.5 Å². The fourth-order valence-corrected chi connectivity index (χ4v) is 5.67. The highest BCUT2D eigenvalue weighted by molar-refractivity contribution is 6.31. The van der Waals surface area contributed by atoms with Crippen molar-refractivity contribution in [1.82, 2.24) is 14.7 Å². The summed E-state index contributed by atoms with van der Waals surface area (Å²) in [6, 6.07) is 12.6. The molecule has 0 atom stereocenters. The van der Waals surface area contributed by atoms with E-state index < -0.39 is 0 Å². The Hall–Kier alpha value is -3.59. The smallest absolute Gasteiger partial charge is 0.409 e. The van der Waals surface area contributed by atoms with Crippen LogP contribution in [0.3, 0.4) is 0 Å². The fourth-order valence-electron chi connectivity index (χ4n) is 5.47. The molecule has 2 fully saturated rings. The van der Waals surface area contributed by atoms with Crippen molar-refractivity contribution in [2.45, 2.75) is 26.3 Å². The highest BCUT2D eigenvalue weighted by atomic mass is 35.5.